The van der Waals surface area contributed by atoms with E-state index >= 15 is 0 Å². The molecule has 0 radical (unpaired) electrons. The summed E-state index contributed by atoms with van der Waals surface area (Å²) in [6.45, 7) is 8.15. The van der Waals surface area contributed by atoms with Crippen molar-refractivity contribution >= 4 is 11.9 Å². The third-order valence-electron chi connectivity index (χ3n) is 5.47. The van der Waals surface area contributed by atoms with Gasteiger partial charge in [-0.1, -0.05) is 6.58 Å². The Bertz CT molecular complexity index is 792. The molecule has 3 aliphatic heterocycles. The highest BCUT2D eigenvalue weighted by Crippen LogP contribution is 2.49. The summed E-state index contributed by atoms with van der Waals surface area (Å²) in [6, 6.07) is 0. The van der Waals surface area contributed by atoms with Crippen molar-refractivity contribution in [2.45, 2.75) is 63.1 Å². The number of methoxy groups -OCH3 is 1. The van der Waals surface area contributed by atoms with E-state index in [-0.39, 0.29) is 36.4 Å². The van der Waals surface area contributed by atoms with Gasteiger partial charge < -0.3 is 29.2 Å². The molecule has 8 nitrogen and oxygen atoms in total. The standard InChI is InChI=1S/C20H26O8/c1-11(2)16(21)26-14-9-19(4,23)20(24)7-6-18(3,28-20)8-13-15(14)12(10-25-5)17(22)27-13/h8,14,23-24H,1,6-7,9-10H2,2-5H3/b13-8+/t14-,18?,19+,20?/m0/s1. The van der Waals surface area contributed by atoms with Crippen molar-refractivity contribution in [2.24, 2.45) is 0 Å². The zero-order valence-electron chi connectivity index (χ0n) is 16.5. The SMILES string of the molecule is C=C(C)C(=O)O[C@H]1C[C@@](C)(O)C2(O)CCC(C)(/C=C3/OC(=O)C(COC)=C31)O2. The van der Waals surface area contributed by atoms with Gasteiger partial charge in [0.2, 0.25) is 0 Å². The van der Waals surface area contributed by atoms with E-state index in [1.54, 1.807) is 13.0 Å². The van der Waals surface area contributed by atoms with E-state index in [4.69, 9.17) is 18.9 Å². The maximum Gasteiger partial charge on any atom is 0.342 e. The lowest BCUT2D eigenvalue weighted by molar-refractivity contribution is -0.298. The fourth-order valence-corrected chi connectivity index (χ4v) is 3.83. The molecule has 0 saturated carbocycles. The highest BCUT2D eigenvalue weighted by atomic mass is 16.7. The van der Waals surface area contributed by atoms with Gasteiger partial charge in [0.15, 0.2) is 5.79 Å². The Balaban J connectivity index is 2.18. The van der Waals surface area contributed by atoms with E-state index in [9.17, 15) is 19.8 Å². The number of hydrogen-bond donors (Lipinski definition) is 2. The van der Waals surface area contributed by atoms with E-state index in [0.717, 1.165) is 0 Å². The van der Waals surface area contributed by atoms with E-state index in [1.165, 1.54) is 21.0 Å². The van der Waals surface area contributed by atoms with Gasteiger partial charge in [0.1, 0.15) is 17.5 Å². The zero-order valence-corrected chi connectivity index (χ0v) is 16.5. The molecule has 0 amide bonds. The Hall–Kier alpha value is -2.00. The van der Waals surface area contributed by atoms with Gasteiger partial charge in [-0.05, 0) is 33.3 Å². The normalized spacial score (nSPS) is 39.3. The molecule has 2 bridgehead atoms. The molecule has 8 heteroatoms. The topological polar surface area (TPSA) is 112 Å². The highest BCUT2D eigenvalue weighted by molar-refractivity contribution is 5.95. The smallest absolute Gasteiger partial charge is 0.342 e. The maximum absolute atomic E-state index is 12.4. The molecular weight excluding hydrogens is 368 g/mol. The Morgan fingerprint density at radius 2 is 2.04 bits per heavy atom. The van der Waals surface area contributed by atoms with Crippen molar-refractivity contribution in [1.82, 2.24) is 0 Å². The average molecular weight is 394 g/mol. The molecule has 154 valence electrons. The van der Waals surface area contributed by atoms with Gasteiger partial charge in [0, 0.05) is 31.1 Å². The fourth-order valence-electron chi connectivity index (χ4n) is 3.83. The van der Waals surface area contributed by atoms with Crippen LogP contribution in [0.2, 0.25) is 0 Å². The van der Waals surface area contributed by atoms with E-state index < -0.39 is 35.0 Å². The summed E-state index contributed by atoms with van der Waals surface area (Å²) in [5.74, 6) is -2.97. The third-order valence-corrected chi connectivity index (χ3v) is 5.47. The number of carbonyl (C=O) groups excluding carboxylic acids is 2. The Morgan fingerprint density at radius 3 is 2.64 bits per heavy atom. The first-order chi connectivity index (χ1) is 12.9. The molecule has 2 N–H and O–H groups in total. The summed E-state index contributed by atoms with van der Waals surface area (Å²) in [7, 11) is 1.43. The number of fused-ring (bicyclic) bond motifs is 3. The van der Waals surface area contributed by atoms with Crippen LogP contribution in [0.3, 0.4) is 0 Å². The van der Waals surface area contributed by atoms with Crippen LogP contribution in [0.1, 0.15) is 40.0 Å². The monoisotopic (exact) mass is 394 g/mol. The van der Waals surface area contributed by atoms with Crippen molar-refractivity contribution in [3.63, 3.8) is 0 Å². The number of esters is 2. The second kappa shape index (κ2) is 6.81. The lowest BCUT2D eigenvalue weighted by atomic mass is 9.82. The van der Waals surface area contributed by atoms with Crippen LogP contribution in [0.4, 0.5) is 0 Å². The first kappa shape index (κ1) is 20.7. The van der Waals surface area contributed by atoms with Gasteiger partial charge in [0.05, 0.1) is 17.8 Å². The Morgan fingerprint density at radius 1 is 1.36 bits per heavy atom. The summed E-state index contributed by atoms with van der Waals surface area (Å²) in [4.78, 5) is 24.7. The number of rotatable bonds is 4. The lowest BCUT2D eigenvalue weighted by Gasteiger charge is -2.40. The molecule has 28 heavy (non-hydrogen) atoms. The quantitative estimate of drug-likeness (QED) is 0.542. The largest absolute Gasteiger partial charge is 0.454 e. The third kappa shape index (κ3) is 3.41. The zero-order chi connectivity index (χ0) is 20.9. The number of ether oxygens (including phenoxy) is 4. The molecule has 0 aromatic heterocycles. The molecule has 0 aromatic rings. The van der Waals surface area contributed by atoms with Gasteiger partial charge >= 0.3 is 11.9 Å². The van der Waals surface area contributed by atoms with E-state index in [0.29, 0.717) is 12.0 Å². The number of carbonyl (C=O) groups is 2. The minimum Gasteiger partial charge on any atom is -0.454 e. The van der Waals surface area contributed by atoms with Crippen LogP contribution in [0.25, 0.3) is 0 Å². The van der Waals surface area contributed by atoms with Crippen LogP contribution >= 0.6 is 0 Å². The Labute approximate surface area is 163 Å². The summed E-state index contributed by atoms with van der Waals surface area (Å²) < 4.78 is 21.9. The van der Waals surface area contributed by atoms with Gasteiger partial charge in [-0.2, -0.15) is 0 Å². The molecule has 1 saturated heterocycles. The second-order valence-electron chi connectivity index (χ2n) is 8.07. The molecule has 4 atom stereocenters. The molecule has 3 aliphatic rings. The van der Waals surface area contributed by atoms with E-state index in [1.807, 2.05) is 0 Å². The van der Waals surface area contributed by atoms with Crippen LogP contribution in [0.5, 0.6) is 0 Å². The van der Waals surface area contributed by atoms with Crippen LogP contribution in [-0.4, -0.2) is 59.0 Å². The van der Waals surface area contributed by atoms with Crippen LogP contribution in [-0.2, 0) is 28.5 Å². The molecular formula is C20H26O8. The lowest BCUT2D eigenvalue weighted by Crippen LogP contribution is -2.54. The second-order valence-corrected chi connectivity index (χ2v) is 8.07. The Kier molecular flexibility index (Phi) is 5.04. The molecule has 2 unspecified atom stereocenters. The molecule has 0 aromatic carbocycles. The van der Waals surface area contributed by atoms with Gasteiger partial charge in [-0.3, -0.25) is 0 Å². The van der Waals surface area contributed by atoms with Crippen molar-refractivity contribution in [2.75, 3.05) is 13.7 Å². The first-order valence-corrected chi connectivity index (χ1v) is 9.10. The van der Waals surface area contributed by atoms with Gasteiger partial charge in [0.25, 0.3) is 0 Å². The van der Waals surface area contributed by atoms with Crippen LogP contribution in [0, 0.1) is 0 Å². The van der Waals surface area contributed by atoms with Crippen molar-refractivity contribution in [1.29, 1.82) is 0 Å². The summed E-state index contributed by atoms with van der Waals surface area (Å²) in [5.41, 5.74) is -2.09. The molecule has 0 spiro atoms. The summed E-state index contributed by atoms with van der Waals surface area (Å²) in [6.07, 6.45) is 0.875. The minimum atomic E-state index is -1.85. The van der Waals surface area contributed by atoms with Crippen LogP contribution in [0.15, 0.2) is 35.1 Å². The minimum absolute atomic E-state index is 0.0589. The van der Waals surface area contributed by atoms with Crippen molar-refractivity contribution in [3.8, 4) is 0 Å². The van der Waals surface area contributed by atoms with Crippen LogP contribution < -0.4 is 0 Å². The van der Waals surface area contributed by atoms with Gasteiger partial charge in [-0.25, -0.2) is 9.59 Å². The van der Waals surface area contributed by atoms with E-state index in [2.05, 4.69) is 6.58 Å². The molecule has 0 aliphatic carbocycles. The average Bonchev–Trinajstić information content (AvgIpc) is 3.05. The summed E-state index contributed by atoms with van der Waals surface area (Å²) in [5, 5.41) is 22.1. The highest BCUT2D eigenvalue weighted by Gasteiger charge is 2.58. The van der Waals surface area contributed by atoms with Gasteiger partial charge in [-0.15, -0.1) is 0 Å². The molecule has 3 heterocycles. The first-order valence-electron chi connectivity index (χ1n) is 9.10. The van der Waals surface area contributed by atoms with Crippen molar-refractivity contribution in [3.05, 3.63) is 35.1 Å². The summed E-state index contributed by atoms with van der Waals surface area (Å²) >= 11 is 0. The predicted octanol–water partition coefficient (Wildman–Crippen LogP) is 1.27. The predicted molar refractivity (Wildman–Crippen MR) is 96.7 cm³/mol. The maximum atomic E-state index is 12.4. The number of hydrogen-bond acceptors (Lipinski definition) is 8. The number of aliphatic hydroxyl groups is 2. The molecule has 3 rings (SSSR count). The fraction of sp³-hybridized carbons (Fsp3) is 0.600. The molecule has 1 fully saturated rings. The van der Waals surface area contributed by atoms with Crippen molar-refractivity contribution < 1.29 is 38.7 Å².